The Morgan fingerprint density at radius 2 is 1.79 bits per heavy atom. The van der Waals surface area contributed by atoms with Gasteiger partial charge in [0, 0.05) is 0 Å². The zero-order valence-electron chi connectivity index (χ0n) is 11.1. The van der Waals surface area contributed by atoms with Gasteiger partial charge in [0.25, 0.3) is 0 Å². The van der Waals surface area contributed by atoms with Gasteiger partial charge in [0.15, 0.2) is 5.69 Å². The largest absolute Gasteiger partial charge is 0.435 e. The van der Waals surface area contributed by atoms with E-state index in [1.807, 2.05) is 0 Å². The molecule has 0 saturated carbocycles. The number of halogens is 3. The molecule has 0 fully saturated rings. The highest BCUT2D eigenvalue weighted by molar-refractivity contribution is 7.84. The van der Waals surface area contributed by atoms with Crippen molar-refractivity contribution >= 4 is 11.0 Å². The number of hydrogen-bond donors (Lipinski definition) is 1. The number of aromatic nitrogens is 2. The van der Waals surface area contributed by atoms with E-state index in [4.69, 9.17) is 0 Å². The van der Waals surface area contributed by atoms with Crippen LogP contribution >= 0.6 is 0 Å². The number of nitrogens with one attached hydrogen (secondary N) is 1. The molecule has 0 radical (unpaired) electrons. The lowest BCUT2D eigenvalue weighted by molar-refractivity contribution is -0.141. The third-order valence-electron chi connectivity index (χ3n) is 2.26. The lowest BCUT2D eigenvalue weighted by Crippen LogP contribution is -2.35. The maximum Gasteiger partial charge on any atom is 0.435 e. The number of alkyl halides is 3. The number of hydrogen-bond acceptors (Lipinski definition) is 3. The summed E-state index contributed by atoms with van der Waals surface area (Å²) in [5.74, 6) is 0. The molecule has 19 heavy (non-hydrogen) atoms. The Morgan fingerprint density at radius 1 is 1.21 bits per heavy atom. The van der Waals surface area contributed by atoms with Crippen LogP contribution in [0, 0.1) is 0 Å². The smallest absolute Gasteiger partial charge is 0.242 e. The highest BCUT2D eigenvalue weighted by Gasteiger charge is 2.33. The lowest BCUT2D eigenvalue weighted by Gasteiger charge is -2.21. The van der Waals surface area contributed by atoms with Crippen LogP contribution in [0.1, 0.15) is 45.1 Å². The molecule has 0 aliphatic heterocycles. The van der Waals surface area contributed by atoms with E-state index in [1.54, 1.807) is 27.7 Å². The van der Waals surface area contributed by atoms with Crippen molar-refractivity contribution in [2.24, 2.45) is 0 Å². The zero-order chi connectivity index (χ0) is 14.8. The van der Waals surface area contributed by atoms with E-state index in [0.29, 0.717) is 5.69 Å². The molecule has 0 aromatic carbocycles. The van der Waals surface area contributed by atoms with Crippen LogP contribution < -0.4 is 4.72 Å². The molecule has 0 bridgehead atoms. The lowest BCUT2D eigenvalue weighted by atomic mass is 10.2. The van der Waals surface area contributed by atoms with Crippen molar-refractivity contribution in [3.8, 4) is 0 Å². The molecule has 0 aliphatic rings. The van der Waals surface area contributed by atoms with Crippen LogP contribution in [0.5, 0.6) is 0 Å². The molecule has 0 spiro atoms. The molecule has 1 aromatic rings. The Bertz CT molecular complexity index is 454. The minimum absolute atomic E-state index is 0.311. The van der Waals surface area contributed by atoms with E-state index in [0.717, 1.165) is 6.07 Å². The van der Waals surface area contributed by atoms with Gasteiger partial charge in [-0.3, -0.25) is 0 Å². The molecular weight excluding hydrogens is 279 g/mol. The predicted molar refractivity (Wildman–Crippen MR) is 66.5 cm³/mol. The van der Waals surface area contributed by atoms with Crippen molar-refractivity contribution in [3.63, 3.8) is 0 Å². The highest BCUT2D eigenvalue weighted by atomic mass is 32.2. The van der Waals surface area contributed by atoms with Crippen LogP contribution in [0.15, 0.2) is 12.1 Å². The first-order valence-corrected chi connectivity index (χ1v) is 6.75. The molecule has 0 aliphatic carbocycles. The summed E-state index contributed by atoms with van der Waals surface area (Å²) in [6.45, 7) is 7.05. The van der Waals surface area contributed by atoms with Crippen molar-refractivity contribution < 1.29 is 17.4 Å². The summed E-state index contributed by atoms with van der Waals surface area (Å²) < 4.78 is 51.1. The minimum Gasteiger partial charge on any atom is -0.242 e. The summed E-state index contributed by atoms with van der Waals surface area (Å²) >= 11 is 0. The summed E-state index contributed by atoms with van der Waals surface area (Å²) in [7, 11) is -1.33. The summed E-state index contributed by atoms with van der Waals surface area (Å²) in [5, 5.41) is 6.64. The molecule has 4 nitrogen and oxygen atoms in total. The maximum atomic E-state index is 12.3. The van der Waals surface area contributed by atoms with E-state index in [-0.39, 0.29) is 0 Å². The Morgan fingerprint density at radius 3 is 2.16 bits per heavy atom. The van der Waals surface area contributed by atoms with Gasteiger partial charge >= 0.3 is 6.18 Å². The molecule has 108 valence electrons. The van der Waals surface area contributed by atoms with Gasteiger partial charge in [-0.2, -0.15) is 18.3 Å². The first-order chi connectivity index (χ1) is 8.51. The normalized spacial score (nSPS) is 16.2. The van der Waals surface area contributed by atoms with Gasteiger partial charge in [-0.15, -0.1) is 5.10 Å². The van der Waals surface area contributed by atoms with E-state index in [2.05, 4.69) is 14.9 Å². The zero-order valence-corrected chi connectivity index (χ0v) is 11.9. The van der Waals surface area contributed by atoms with Crippen LogP contribution in [0.3, 0.4) is 0 Å². The third-order valence-corrected chi connectivity index (χ3v) is 3.94. The van der Waals surface area contributed by atoms with Crippen LogP contribution in [0.4, 0.5) is 13.2 Å². The maximum absolute atomic E-state index is 12.3. The fourth-order valence-corrected chi connectivity index (χ4v) is 1.92. The topological polar surface area (TPSA) is 54.9 Å². The van der Waals surface area contributed by atoms with Gasteiger partial charge < -0.3 is 0 Å². The van der Waals surface area contributed by atoms with E-state index in [1.165, 1.54) is 6.07 Å². The van der Waals surface area contributed by atoms with Gasteiger partial charge in [-0.05, 0) is 39.8 Å². The second-order valence-electron chi connectivity index (χ2n) is 5.06. The summed E-state index contributed by atoms with van der Waals surface area (Å²) in [4.78, 5) is 0. The molecule has 0 amide bonds. The fraction of sp³-hybridized carbons (Fsp3) is 0.636. The van der Waals surface area contributed by atoms with Gasteiger partial charge in [-0.25, -0.2) is 8.93 Å². The Balaban J connectivity index is 2.79. The summed E-state index contributed by atoms with van der Waals surface area (Å²) in [5.41, 5.74) is -0.731. The average molecular weight is 295 g/mol. The molecule has 1 rings (SSSR count). The predicted octanol–water partition coefficient (Wildman–Crippen LogP) is 2.61. The highest BCUT2D eigenvalue weighted by Crippen LogP contribution is 2.27. The Hall–Kier alpha value is -1.02. The van der Waals surface area contributed by atoms with Gasteiger partial charge in [-0.1, -0.05) is 0 Å². The first kappa shape index (κ1) is 16.0. The van der Waals surface area contributed by atoms with Crippen LogP contribution in [-0.2, 0) is 17.2 Å². The molecule has 1 unspecified atom stereocenters. The van der Waals surface area contributed by atoms with Crippen molar-refractivity contribution in [1.82, 2.24) is 14.9 Å². The molecule has 1 heterocycles. The number of nitrogens with zero attached hydrogens (tertiary/aromatic N) is 2. The van der Waals surface area contributed by atoms with Crippen LogP contribution in [0.2, 0.25) is 0 Å². The third kappa shape index (κ3) is 4.54. The van der Waals surface area contributed by atoms with Crippen LogP contribution in [0.25, 0.3) is 0 Å². The van der Waals surface area contributed by atoms with Crippen molar-refractivity contribution in [3.05, 3.63) is 23.5 Å². The fourth-order valence-electron chi connectivity index (χ4n) is 1.12. The quantitative estimate of drug-likeness (QED) is 0.932. The molecule has 1 aromatic heterocycles. The van der Waals surface area contributed by atoms with Crippen molar-refractivity contribution in [2.45, 2.75) is 44.7 Å². The first-order valence-electron chi connectivity index (χ1n) is 5.60. The molecular formula is C11H16F3N3OS. The SMILES string of the molecule is C[C@@H](NS(=O)C(C)(C)C)c1ccc(C(F)(F)F)nn1. The standard InChI is InChI=1S/C11H16F3N3OS/c1-7(17-19(18)10(2,3)4)8-5-6-9(16-15-8)11(12,13)14/h5-7,17H,1-4H3/t7-,19?/m1/s1. The monoisotopic (exact) mass is 295 g/mol. The average Bonchev–Trinajstić information content (AvgIpc) is 2.26. The second-order valence-corrected chi connectivity index (χ2v) is 7.06. The van der Waals surface area contributed by atoms with Crippen molar-refractivity contribution in [1.29, 1.82) is 0 Å². The Kier molecular flexibility index (Phi) is 4.67. The van der Waals surface area contributed by atoms with Crippen LogP contribution in [-0.4, -0.2) is 19.2 Å². The minimum atomic E-state index is -4.50. The molecule has 8 heteroatoms. The molecule has 2 atom stereocenters. The van der Waals surface area contributed by atoms with E-state index in [9.17, 15) is 17.4 Å². The Labute approximate surface area is 112 Å². The van der Waals surface area contributed by atoms with E-state index >= 15 is 0 Å². The van der Waals surface area contributed by atoms with E-state index < -0.39 is 33.6 Å². The molecule has 1 N–H and O–H groups in total. The van der Waals surface area contributed by atoms with Gasteiger partial charge in [0.05, 0.1) is 27.5 Å². The van der Waals surface area contributed by atoms with Crippen molar-refractivity contribution in [2.75, 3.05) is 0 Å². The van der Waals surface area contributed by atoms with Gasteiger partial charge in [0.1, 0.15) is 0 Å². The summed E-state index contributed by atoms with van der Waals surface area (Å²) in [6, 6.07) is 1.64. The van der Waals surface area contributed by atoms with Gasteiger partial charge in [0.2, 0.25) is 0 Å². The summed E-state index contributed by atoms with van der Waals surface area (Å²) in [6.07, 6.45) is -4.50. The molecule has 0 saturated heterocycles. The second kappa shape index (κ2) is 5.54. The number of rotatable bonds is 3.